The Labute approximate surface area is 125 Å². The Bertz CT molecular complexity index is 712. The highest BCUT2D eigenvalue weighted by atomic mass is 32.2. The van der Waals surface area contributed by atoms with Crippen molar-refractivity contribution in [2.45, 2.75) is 24.0 Å². The first kappa shape index (κ1) is 16.5. The smallest absolute Gasteiger partial charge is 0.337 e. The van der Waals surface area contributed by atoms with E-state index >= 15 is 0 Å². The minimum Gasteiger partial charge on any atom is -0.337 e. The molecule has 2 rings (SSSR count). The second kappa shape index (κ2) is 6.49. The first-order valence-electron chi connectivity index (χ1n) is 6.42. The molecule has 0 atom stereocenters. The Morgan fingerprint density at radius 2 is 2.05 bits per heavy atom. The molecule has 0 aliphatic heterocycles. The highest BCUT2D eigenvalue weighted by molar-refractivity contribution is 7.89. The Balaban J connectivity index is 1.98. The lowest BCUT2D eigenvalue weighted by Gasteiger charge is -2.10. The third-order valence-corrected chi connectivity index (χ3v) is 4.37. The maximum atomic E-state index is 12.6. The molecule has 5 nitrogen and oxygen atoms in total. The topological polar surface area (TPSA) is 64.0 Å². The van der Waals surface area contributed by atoms with Crippen LogP contribution < -0.4 is 4.72 Å². The number of imidazole rings is 1. The molecule has 0 saturated carbocycles. The summed E-state index contributed by atoms with van der Waals surface area (Å²) in [6.45, 7) is 0.682. The van der Waals surface area contributed by atoms with Gasteiger partial charge in [-0.15, -0.1) is 0 Å². The van der Waals surface area contributed by atoms with E-state index in [1.165, 1.54) is 0 Å². The molecule has 1 N–H and O–H groups in total. The summed E-state index contributed by atoms with van der Waals surface area (Å²) < 4.78 is 65.8. The van der Waals surface area contributed by atoms with Crippen LogP contribution >= 0.6 is 0 Å². The molecule has 0 fully saturated rings. The monoisotopic (exact) mass is 333 g/mol. The van der Waals surface area contributed by atoms with Gasteiger partial charge in [0.1, 0.15) is 0 Å². The molecular formula is C13H14F3N3O2S. The number of nitrogens with zero attached hydrogens (tertiary/aromatic N) is 2. The highest BCUT2D eigenvalue weighted by Crippen LogP contribution is 2.30. The molecule has 9 heteroatoms. The van der Waals surface area contributed by atoms with Crippen LogP contribution in [0.4, 0.5) is 13.2 Å². The van der Waals surface area contributed by atoms with Crippen LogP contribution in [0.3, 0.4) is 0 Å². The van der Waals surface area contributed by atoms with E-state index in [9.17, 15) is 21.6 Å². The van der Waals surface area contributed by atoms with Crippen LogP contribution in [0.1, 0.15) is 12.0 Å². The van der Waals surface area contributed by atoms with Gasteiger partial charge in [0.15, 0.2) is 0 Å². The predicted octanol–water partition coefficient (Wildman–Crippen LogP) is 2.27. The lowest BCUT2D eigenvalue weighted by molar-refractivity contribution is -0.137. The van der Waals surface area contributed by atoms with Crippen molar-refractivity contribution < 1.29 is 21.6 Å². The molecule has 0 aliphatic rings. The van der Waals surface area contributed by atoms with E-state index in [4.69, 9.17) is 0 Å². The van der Waals surface area contributed by atoms with Gasteiger partial charge < -0.3 is 4.57 Å². The number of hydrogen-bond donors (Lipinski definition) is 1. The Hall–Kier alpha value is -1.87. The van der Waals surface area contributed by atoms with Gasteiger partial charge in [0, 0.05) is 25.5 Å². The van der Waals surface area contributed by atoms with E-state index in [1.54, 1.807) is 23.3 Å². The number of sulfonamides is 1. The fourth-order valence-corrected chi connectivity index (χ4v) is 2.93. The number of nitrogens with one attached hydrogen (secondary N) is 1. The molecule has 2 aromatic rings. The second-order valence-corrected chi connectivity index (χ2v) is 6.34. The van der Waals surface area contributed by atoms with Crippen LogP contribution in [-0.4, -0.2) is 24.5 Å². The SMILES string of the molecule is O=S(=O)(NCCCn1ccnc1)c1cccc(C(F)(F)F)c1. The quantitative estimate of drug-likeness (QED) is 0.825. The molecule has 0 saturated heterocycles. The molecule has 1 heterocycles. The van der Waals surface area contributed by atoms with Crippen molar-refractivity contribution in [1.82, 2.24) is 14.3 Å². The van der Waals surface area contributed by atoms with Gasteiger partial charge in [-0.05, 0) is 24.6 Å². The van der Waals surface area contributed by atoms with Gasteiger partial charge in [0.25, 0.3) is 0 Å². The highest BCUT2D eigenvalue weighted by Gasteiger charge is 2.31. The third-order valence-electron chi connectivity index (χ3n) is 2.92. The molecular weight excluding hydrogens is 319 g/mol. The molecule has 0 unspecified atom stereocenters. The molecule has 0 spiro atoms. The number of aromatic nitrogens is 2. The van der Waals surface area contributed by atoms with E-state index in [2.05, 4.69) is 9.71 Å². The first-order chi connectivity index (χ1) is 10.3. The van der Waals surface area contributed by atoms with E-state index in [0.29, 0.717) is 19.0 Å². The summed E-state index contributed by atoms with van der Waals surface area (Å²) in [4.78, 5) is 3.45. The fraction of sp³-hybridized carbons (Fsp3) is 0.308. The normalized spacial score (nSPS) is 12.5. The standard InChI is InChI=1S/C13H14F3N3O2S/c14-13(15,16)11-3-1-4-12(9-11)22(20,21)18-5-2-7-19-8-6-17-10-19/h1,3-4,6,8-10,18H,2,5,7H2. The van der Waals surface area contributed by atoms with E-state index in [-0.39, 0.29) is 6.54 Å². The molecule has 0 aliphatic carbocycles. The summed E-state index contributed by atoms with van der Waals surface area (Å²) in [5, 5.41) is 0. The van der Waals surface area contributed by atoms with Gasteiger partial charge in [-0.3, -0.25) is 0 Å². The van der Waals surface area contributed by atoms with Crippen molar-refractivity contribution in [2.24, 2.45) is 0 Å². The van der Waals surface area contributed by atoms with Crippen LogP contribution in [0, 0.1) is 0 Å². The van der Waals surface area contributed by atoms with Crippen molar-refractivity contribution in [3.63, 3.8) is 0 Å². The van der Waals surface area contributed by atoms with Gasteiger partial charge in [-0.2, -0.15) is 13.2 Å². The number of hydrogen-bond acceptors (Lipinski definition) is 3. The molecule has 1 aromatic heterocycles. The van der Waals surface area contributed by atoms with Crippen LogP contribution in [-0.2, 0) is 22.7 Å². The summed E-state index contributed by atoms with van der Waals surface area (Å²) in [7, 11) is -3.96. The molecule has 0 amide bonds. The third kappa shape index (κ3) is 4.31. The summed E-state index contributed by atoms with van der Waals surface area (Å²) in [6, 6.07) is 3.66. The van der Waals surface area contributed by atoms with Crippen molar-refractivity contribution in [3.05, 3.63) is 48.5 Å². The zero-order valence-electron chi connectivity index (χ0n) is 11.4. The maximum absolute atomic E-state index is 12.6. The predicted molar refractivity (Wildman–Crippen MR) is 73.5 cm³/mol. The number of benzene rings is 1. The average molecular weight is 333 g/mol. The second-order valence-electron chi connectivity index (χ2n) is 4.58. The Morgan fingerprint density at radius 3 is 2.68 bits per heavy atom. The van der Waals surface area contributed by atoms with Gasteiger partial charge >= 0.3 is 6.18 Å². The van der Waals surface area contributed by atoms with E-state index in [1.807, 2.05) is 0 Å². The molecule has 22 heavy (non-hydrogen) atoms. The van der Waals surface area contributed by atoms with Crippen LogP contribution in [0.2, 0.25) is 0 Å². The van der Waals surface area contributed by atoms with Crippen LogP contribution in [0.15, 0.2) is 47.9 Å². The zero-order valence-corrected chi connectivity index (χ0v) is 12.2. The number of halogens is 3. The average Bonchev–Trinajstić information content (AvgIpc) is 2.96. The zero-order chi connectivity index (χ0) is 16.2. The summed E-state index contributed by atoms with van der Waals surface area (Å²) >= 11 is 0. The van der Waals surface area contributed by atoms with Crippen molar-refractivity contribution >= 4 is 10.0 Å². The lowest BCUT2D eigenvalue weighted by atomic mass is 10.2. The van der Waals surface area contributed by atoms with E-state index < -0.39 is 26.7 Å². The minimum absolute atomic E-state index is 0.122. The van der Waals surface area contributed by atoms with Gasteiger partial charge in [0.2, 0.25) is 10.0 Å². The van der Waals surface area contributed by atoms with Gasteiger partial charge in [0.05, 0.1) is 16.8 Å². The maximum Gasteiger partial charge on any atom is 0.416 e. The molecule has 120 valence electrons. The summed E-state index contributed by atoms with van der Waals surface area (Å²) in [6.07, 6.45) is 0.858. The fourth-order valence-electron chi connectivity index (χ4n) is 1.81. The largest absolute Gasteiger partial charge is 0.416 e. The Kier molecular flexibility index (Phi) is 4.87. The molecule has 0 bridgehead atoms. The number of rotatable bonds is 6. The Morgan fingerprint density at radius 1 is 1.27 bits per heavy atom. The number of aryl methyl sites for hydroxylation is 1. The van der Waals surface area contributed by atoms with Gasteiger partial charge in [-0.1, -0.05) is 6.07 Å². The molecule has 1 aromatic carbocycles. The summed E-state index contributed by atoms with van der Waals surface area (Å²) in [5.74, 6) is 0. The van der Waals surface area contributed by atoms with E-state index in [0.717, 1.165) is 18.2 Å². The van der Waals surface area contributed by atoms with Crippen LogP contribution in [0.25, 0.3) is 0 Å². The minimum atomic E-state index is -4.58. The van der Waals surface area contributed by atoms with Crippen molar-refractivity contribution in [1.29, 1.82) is 0 Å². The summed E-state index contributed by atoms with van der Waals surface area (Å²) in [5.41, 5.74) is -0.992. The molecule has 0 radical (unpaired) electrons. The van der Waals surface area contributed by atoms with Gasteiger partial charge in [-0.25, -0.2) is 18.1 Å². The van der Waals surface area contributed by atoms with Crippen LogP contribution in [0.5, 0.6) is 0 Å². The van der Waals surface area contributed by atoms with Crippen molar-refractivity contribution in [3.8, 4) is 0 Å². The van der Waals surface area contributed by atoms with Crippen molar-refractivity contribution in [2.75, 3.05) is 6.54 Å². The first-order valence-corrected chi connectivity index (χ1v) is 7.90. The lowest BCUT2D eigenvalue weighted by Crippen LogP contribution is -2.25. The number of alkyl halides is 3.